The highest BCUT2D eigenvalue weighted by atomic mass is 79.9. The van der Waals surface area contributed by atoms with Gasteiger partial charge in [0.1, 0.15) is 23.6 Å². The molecule has 0 heterocycles. The summed E-state index contributed by atoms with van der Waals surface area (Å²) in [6.07, 6.45) is -1.62. The minimum Gasteiger partial charge on any atom is -0.445 e. The van der Waals surface area contributed by atoms with Gasteiger partial charge >= 0.3 is 6.09 Å². The lowest BCUT2D eigenvalue weighted by Gasteiger charge is -2.34. The summed E-state index contributed by atoms with van der Waals surface area (Å²) in [7, 11) is -4.29. The topological polar surface area (TPSA) is 152 Å². The van der Waals surface area contributed by atoms with Gasteiger partial charge in [0.05, 0.1) is 11.6 Å². The van der Waals surface area contributed by atoms with Gasteiger partial charge in [-0.05, 0) is 69.2 Å². The molecule has 0 bridgehead atoms. The van der Waals surface area contributed by atoms with Gasteiger partial charge in [0.2, 0.25) is 21.8 Å². The second kappa shape index (κ2) is 20.7. The van der Waals surface area contributed by atoms with Crippen LogP contribution in [0, 0.1) is 0 Å². The lowest BCUT2D eigenvalue weighted by Crippen LogP contribution is -2.59. The molecule has 0 fully saturated rings. The summed E-state index contributed by atoms with van der Waals surface area (Å²) < 4.78 is 46.4. The molecule has 2 atom stereocenters. The molecular weight excluding hydrogens is 787 g/mol. The third-order valence-corrected chi connectivity index (χ3v) is 10.1. The number of amides is 3. The van der Waals surface area contributed by atoms with E-state index in [4.69, 9.17) is 37.4 Å². The highest BCUT2D eigenvalue weighted by Crippen LogP contribution is 2.25. The number of carbonyl (C=O) groups excluding carboxylic acids is 3. The van der Waals surface area contributed by atoms with Crippen LogP contribution in [0.5, 0.6) is 0 Å². The van der Waals surface area contributed by atoms with Crippen LogP contribution in [-0.2, 0) is 46.9 Å². The fourth-order valence-corrected chi connectivity index (χ4v) is 6.93. The maximum absolute atomic E-state index is 14.2. The van der Waals surface area contributed by atoms with Crippen LogP contribution in [0.25, 0.3) is 0 Å². The Kier molecular flexibility index (Phi) is 17.1. The van der Waals surface area contributed by atoms with E-state index in [0.717, 1.165) is 10.0 Å². The van der Waals surface area contributed by atoms with E-state index in [-0.39, 0.29) is 40.6 Å². The standard InChI is InChI=1S/C35H43BrCl2N4O8S/c1-5-48-32(49-6-2)21-42(23(3)4)34(44)29(18-24-12-14-26(36)15-13-24)40-33(43)30(41-35(45)50-22-25-10-8-7-9-11-25)20-39-51(46,47)31-17-16-27(37)19-28(31)38/h7-17,19,23,29-30,32,39H,5-6,18,20-22H2,1-4H3,(H,40,43)(H,41,45). The summed E-state index contributed by atoms with van der Waals surface area (Å²) in [4.78, 5) is 42.5. The first-order chi connectivity index (χ1) is 24.2. The van der Waals surface area contributed by atoms with Crippen molar-refractivity contribution in [3.8, 4) is 0 Å². The van der Waals surface area contributed by atoms with Crippen molar-refractivity contribution in [2.24, 2.45) is 0 Å². The van der Waals surface area contributed by atoms with E-state index in [1.165, 1.54) is 18.2 Å². The van der Waals surface area contributed by atoms with Gasteiger partial charge in [0, 0.05) is 41.7 Å². The number of rotatable bonds is 19. The Balaban J connectivity index is 1.92. The van der Waals surface area contributed by atoms with Crippen molar-refractivity contribution in [2.45, 2.75) is 70.0 Å². The number of nitrogens with one attached hydrogen (secondary N) is 3. The summed E-state index contributed by atoms with van der Waals surface area (Å²) in [5, 5.41) is 5.28. The van der Waals surface area contributed by atoms with Gasteiger partial charge in [-0.1, -0.05) is 81.6 Å². The number of alkyl carbamates (subject to hydrolysis) is 1. The van der Waals surface area contributed by atoms with Crippen molar-refractivity contribution < 1.29 is 37.0 Å². The molecule has 3 rings (SSSR count). The van der Waals surface area contributed by atoms with Gasteiger partial charge in [-0.15, -0.1) is 0 Å². The lowest BCUT2D eigenvalue weighted by molar-refractivity contribution is -0.163. The Morgan fingerprint density at radius 3 is 2.10 bits per heavy atom. The van der Waals surface area contributed by atoms with Gasteiger partial charge in [-0.2, -0.15) is 0 Å². The smallest absolute Gasteiger partial charge is 0.408 e. The molecule has 3 aromatic carbocycles. The molecule has 3 amide bonds. The molecule has 3 aromatic rings. The first-order valence-electron chi connectivity index (χ1n) is 16.2. The number of carbonyl (C=O) groups is 3. The molecule has 0 aromatic heterocycles. The van der Waals surface area contributed by atoms with Gasteiger partial charge < -0.3 is 29.7 Å². The normalized spacial score (nSPS) is 12.7. The Morgan fingerprint density at radius 2 is 1.51 bits per heavy atom. The predicted molar refractivity (Wildman–Crippen MR) is 199 cm³/mol. The van der Waals surface area contributed by atoms with E-state index in [2.05, 4.69) is 31.3 Å². The third-order valence-electron chi connectivity index (χ3n) is 7.41. The van der Waals surface area contributed by atoms with Crippen molar-refractivity contribution in [1.29, 1.82) is 0 Å². The average molecular weight is 831 g/mol. The van der Waals surface area contributed by atoms with Crippen molar-refractivity contribution in [2.75, 3.05) is 26.3 Å². The molecule has 12 nitrogen and oxygen atoms in total. The van der Waals surface area contributed by atoms with Crippen LogP contribution in [0.2, 0.25) is 10.0 Å². The minimum absolute atomic E-state index is 0.0757. The number of hydrogen-bond acceptors (Lipinski definition) is 8. The fraction of sp³-hybridized carbons (Fsp3) is 0.400. The zero-order valence-electron chi connectivity index (χ0n) is 28.7. The zero-order valence-corrected chi connectivity index (χ0v) is 32.6. The van der Waals surface area contributed by atoms with E-state index >= 15 is 0 Å². The van der Waals surface area contributed by atoms with Crippen LogP contribution in [0.15, 0.2) is 82.2 Å². The summed E-state index contributed by atoms with van der Waals surface area (Å²) in [5.41, 5.74) is 1.43. The van der Waals surface area contributed by atoms with E-state index in [9.17, 15) is 22.8 Å². The van der Waals surface area contributed by atoms with Crippen molar-refractivity contribution in [3.63, 3.8) is 0 Å². The molecule has 0 saturated heterocycles. The van der Waals surface area contributed by atoms with Gasteiger partial charge in [-0.3, -0.25) is 9.59 Å². The Labute approximate surface area is 317 Å². The van der Waals surface area contributed by atoms with Gasteiger partial charge in [-0.25, -0.2) is 17.9 Å². The second-order valence-electron chi connectivity index (χ2n) is 11.5. The Hall–Kier alpha value is -3.24. The first-order valence-corrected chi connectivity index (χ1v) is 19.3. The fourth-order valence-electron chi connectivity index (χ4n) is 4.85. The monoisotopic (exact) mass is 828 g/mol. The lowest BCUT2D eigenvalue weighted by atomic mass is 10.0. The van der Waals surface area contributed by atoms with Gasteiger partial charge in [0.25, 0.3) is 0 Å². The number of hydrogen-bond donors (Lipinski definition) is 3. The number of nitrogens with zero attached hydrogens (tertiary/aromatic N) is 1. The predicted octanol–water partition coefficient (Wildman–Crippen LogP) is 5.69. The molecule has 51 heavy (non-hydrogen) atoms. The molecule has 0 aliphatic rings. The molecule has 0 radical (unpaired) electrons. The van der Waals surface area contributed by atoms with Crippen LogP contribution in [0.1, 0.15) is 38.8 Å². The van der Waals surface area contributed by atoms with Crippen LogP contribution >= 0.6 is 39.1 Å². The quantitative estimate of drug-likeness (QED) is 0.130. The SMILES string of the molecule is CCOC(CN(C(=O)C(Cc1ccc(Br)cc1)NC(=O)C(CNS(=O)(=O)c1ccc(Cl)cc1Cl)NC(=O)OCc1ccccc1)C(C)C)OCC. The Morgan fingerprint density at radius 1 is 0.863 bits per heavy atom. The van der Waals surface area contributed by atoms with Crippen LogP contribution in [0.3, 0.4) is 0 Å². The average Bonchev–Trinajstić information content (AvgIpc) is 3.08. The maximum Gasteiger partial charge on any atom is 0.408 e. The summed E-state index contributed by atoms with van der Waals surface area (Å²) >= 11 is 15.5. The summed E-state index contributed by atoms with van der Waals surface area (Å²) in [5.74, 6) is -1.29. The molecule has 0 aliphatic heterocycles. The van der Waals surface area contributed by atoms with Crippen LogP contribution in [0.4, 0.5) is 4.79 Å². The highest BCUT2D eigenvalue weighted by Gasteiger charge is 2.33. The first kappa shape index (κ1) is 42.2. The van der Waals surface area contributed by atoms with Crippen LogP contribution in [-0.4, -0.2) is 81.9 Å². The molecule has 2 unspecified atom stereocenters. The van der Waals surface area contributed by atoms with E-state index in [1.807, 2.05) is 45.9 Å². The van der Waals surface area contributed by atoms with Crippen molar-refractivity contribution in [3.05, 3.63) is 98.4 Å². The molecule has 0 aliphatic carbocycles. The number of sulfonamides is 1. The van der Waals surface area contributed by atoms with E-state index < -0.39 is 52.8 Å². The summed E-state index contributed by atoms with van der Waals surface area (Å²) in [6.45, 7) is 7.36. The molecule has 0 saturated carbocycles. The van der Waals surface area contributed by atoms with E-state index in [1.54, 1.807) is 41.3 Å². The largest absolute Gasteiger partial charge is 0.445 e. The molecule has 3 N–H and O–H groups in total. The van der Waals surface area contributed by atoms with Crippen molar-refractivity contribution >= 4 is 67.1 Å². The summed E-state index contributed by atoms with van der Waals surface area (Å²) in [6, 6.07) is 16.9. The number of halogens is 3. The molecule has 16 heteroatoms. The molecule has 0 spiro atoms. The Bertz CT molecular complexity index is 1700. The number of ether oxygens (including phenoxy) is 3. The second-order valence-corrected chi connectivity index (χ2v) is 15.0. The number of benzene rings is 3. The molecular formula is C35H43BrCl2N4O8S. The zero-order chi connectivity index (χ0) is 37.6. The van der Waals surface area contributed by atoms with E-state index in [0.29, 0.717) is 18.8 Å². The van der Waals surface area contributed by atoms with Crippen LogP contribution < -0.4 is 15.4 Å². The highest BCUT2D eigenvalue weighted by molar-refractivity contribution is 9.10. The minimum atomic E-state index is -4.29. The third kappa shape index (κ3) is 13.7. The van der Waals surface area contributed by atoms with Crippen molar-refractivity contribution in [1.82, 2.24) is 20.3 Å². The van der Waals surface area contributed by atoms with Gasteiger partial charge in [0.15, 0.2) is 6.29 Å². The molecule has 278 valence electrons. The maximum atomic E-state index is 14.2.